The summed E-state index contributed by atoms with van der Waals surface area (Å²) in [5.41, 5.74) is -0.859. The van der Waals surface area contributed by atoms with E-state index in [1.807, 2.05) is 0 Å². The summed E-state index contributed by atoms with van der Waals surface area (Å²) in [7, 11) is -2.74. The standard InChI is InChI=1S/C18H14ClF3N4O4S/c1-25-8-23-11-4-5-13(16(22)14(11)18(25)27)30-17-10(21)2-3-12(15(17)19)24-31(28,29)26-6-9(20)7-26/h2-5,8-9,24H,6-7H2,1H3. The fraction of sp³-hybridized carbons (Fsp3) is 0.222. The highest BCUT2D eigenvalue weighted by Gasteiger charge is 2.36. The highest BCUT2D eigenvalue weighted by atomic mass is 35.5. The molecule has 1 aromatic heterocycles. The van der Waals surface area contributed by atoms with E-state index >= 15 is 0 Å². The summed E-state index contributed by atoms with van der Waals surface area (Å²) in [4.78, 5) is 16.2. The molecule has 1 aliphatic heterocycles. The maximum absolute atomic E-state index is 14.9. The molecule has 3 aromatic rings. The smallest absolute Gasteiger partial charge is 0.301 e. The molecule has 1 saturated heterocycles. The van der Waals surface area contributed by atoms with Crippen LogP contribution in [-0.4, -0.2) is 41.5 Å². The molecule has 0 unspecified atom stereocenters. The maximum atomic E-state index is 14.9. The number of benzene rings is 2. The van der Waals surface area contributed by atoms with Crippen LogP contribution in [0.5, 0.6) is 11.5 Å². The Bertz CT molecular complexity index is 1360. The van der Waals surface area contributed by atoms with Crippen molar-refractivity contribution in [1.29, 1.82) is 0 Å². The predicted molar refractivity (Wildman–Crippen MR) is 107 cm³/mol. The van der Waals surface area contributed by atoms with Crippen LogP contribution in [0.15, 0.2) is 35.4 Å². The third-order valence-electron chi connectivity index (χ3n) is 4.63. The van der Waals surface area contributed by atoms with Crippen molar-refractivity contribution in [2.75, 3.05) is 17.8 Å². The number of nitrogens with zero attached hydrogens (tertiary/aromatic N) is 3. The Kier molecular flexibility index (Phi) is 5.31. The van der Waals surface area contributed by atoms with E-state index in [4.69, 9.17) is 16.3 Å². The number of aromatic nitrogens is 2. The molecule has 2 aromatic carbocycles. The Morgan fingerprint density at radius 1 is 1.23 bits per heavy atom. The Hall–Kier alpha value is -2.83. The van der Waals surface area contributed by atoms with Gasteiger partial charge in [0.2, 0.25) is 0 Å². The van der Waals surface area contributed by atoms with E-state index in [1.54, 1.807) is 0 Å². The average molecular weight is 475 g/mol. The zero-order valence-corrected chi connectivity index (χ0v) is 17.3. The first-order valence-electron chi connectivity index (χ1n) is 8.80. The first kappa shape index (κ1) is 21.4. The second-order valence-electron chi connectivity index (χ2n) is 6.79. The van der Waals surface area contributed by atoms with E-state index in [2.05, 4.69) is 9.71 Å². The minimum atomic E-state index is -4.13. The van der Waals surface area contributed by atoms with Gasteiger partial charge < -0.3 is 9.30 Å². The first-order chi connectivity index (χ1) is 14.6. The summed E-state index contributed by atoms with van der Waals surface area (Å²) < 4.78 is 76.1. The van der Waals surface area contributed by atoms with Gasteiger partial charge in [0.25, 0.3) is 5.56 Å². The van der Waals surface area contributed by atoms with Gasteiger partial charge in [-0.05, 0) is 24.3 Å². The van der Waals surface area contributed by atoms with Crippen LogP contribution in [0.4, 0.5) is 18.9 Å². The van der Waals surface area contributed by atoms with Crippen molar-refractivity contribution in [3.63, 3.8) is 0 Å². The van der Waals surface area contributed by atoms with Gasteiger partial charge in [0, 0.05) is 20.1 Å². The summed E-state index contributed by atoms with van der Waals surface area (Å²) in [6, 6.07) is 4.36. The molecular formula is C18H14ClF3N4O4S. The molecule has 164 valence electrons. The SMILES string of the molecule is Cn1cnc2ccc(Oc3c(F)ccc(NS(=O)(=O)N4CC(F)C4)c3Cl)c(F)c2c1=O. The molecule has 0 bridgehead atoms. The normalized spacial score (nSPS) is 15.1. The minimum Gasteiger partial charge on any atom is -0.450 e. The van der Waals surface area contributed by atoms with Crippen molar-refractivity contribution < 1.29 is 26.3 Å². The van der Waals surface area contributed by atoms with E-state index in [9.17, 15) is 26.4 Å². The molecule has 0 radical (unpaired) electrons. The van der Waals surface area contributed by atoms with E-state index in [0.29, 0.717) is 0 Å². The molecule has 31 heavy (non-hydrogen) atoms. The second kappa shape index (κ2) is 7.70. The topological polar surface area (TPSA) is 93.5 Å². The Morgan fingerprint density at radius 3 is 2.61 bits per heavy atom. The quantitative estimate of drug-likeness (QED) is 0.613. The zero-order chi connectivity index (χ0) is 22.5. The molecule has 4 rings (SSSR count). The monoisotopic (exact) mass is 474 g/mol. The molecule has 0 saturated carbocycles. The fourth-order valence-electron chi connectivity index (χ4n) is 2.92. The summed E-state index contributed by atoms with van der Waals surface area (Å²) in [6.45, 7) is -0.633. The number of rotatable bonds is 5. The molecule has 1 N–H and O–H groups in total. The van der Waals surface area contributed by atoms with Crippen molar-refractivity contribution in [2.24, 2.45) is 7.05 Å². The number of nitrogens with one attached hydrogen (secondary N) is 1. The number of aryl methyl sites for hydroxylation is 1. The van der Waals surface area contributed by atoms with E-state index in [0.717, 1.165) is 27.1 Å². The molecule has 13 heteroatoms. The van der Waals surface area contributed by atoms with Gasteiger partial charge in [0.15, 0.2) is 23.1 Å². The van der Waals surface area contributed by atoms with Crippen molar-refractivity contribution in [1.82, 2.24) is 13.9 Å². The lowest BCUT2D eigenvalue weighted by Gasteiger charge is -2.33. The second-order valence-corrected chi connectivity index (χ2v) is 8.84. The highest BCUT2D eigenvalue weighted by Crippen LogP contribution is 2.39. The summed E-state index contributed by atoms with van der Waals surface area (Å²) in [6.07, 6.45) is -0.0442. The Balaban J connectivity index is 1.71. The molecule has 0 amide bonds. The van der Waals surface area contributed by atoms with E-state index in [-0.39, 0.29) is 29.7 Å². The number of ether oxygens (including phenoxy) is 1. The lowest BCUT2D eigenvalue weighted by Crippen LogP contribution is -2.53. The maximum Gasteiger partial charge on any atom is 0.301 e. The number of hydrogen-bond donors (Lipinski definition) is 1. The molecule has 1 fully saturated rings. The van der Waals surface area contributed by atoms with Crippen molar-refractivity contribution >= 4 is 38.4 Å². The van der Waals surface area contributed by atoms with Gasteiger partial charge in [-0.25, -0.2) is 18.2 Å². The molecule has 2 heterocycles. The van der Waals surface area contributed by atoms with Crippen LogP contribution in [0.25, 0.3) is 10.9 Å². The van der Waals surface area contributed by atoms with Gasteiger partial charge in [-0.2, -0.15) is 12.7 Å². The number of hydrogen-bond acceptors (Lipinski definition) is 5. The van der Waals surface area contributed by atoms with Gasteiger partial charge in [0.1, 0.15) is 16.6 Å². The fourth-order valence-corrected chi connectivity index (χ4v) is 4.51. The van der Waals surface area contributed by atoms with Gasteiger partial charge in [-0.1, -0.05) is 11.6 Å². The average Bonchev–Trinajstić information content (AvgIpc) is 2.69. The lowest BCUT2D eigenvalue weighted by atomic mass is 10.2. The van der Waals surface area contributed by atoms with Crippen LogP contribution >= 0.6 is 11.6 Å². The third-order valence-corrected chi connectivity index (χ3v) is 6.46. The van der Waals surface area contributed by atoms with Crippen molar-refractivity contribution in [3.8, 4) is 11.5 Å². The first-order valence-corrected chi connectivity index (χ1v) is 10.6. The number of anilines is 1. The summed E-state index contributed by atoms with van der Waals surface area (Å²) in [5, 5.41) is -0.853. The van der Waals surface area contributed by atoms with Gasteiger partial charge in [-0.3, -0.25) is 9.52 Å². The van der Waals surface area contributed by atoms with Crippen LogP contribution in [-0.2, 0) is 17.3 Å². The van der Waals surface area contributed by atoms with Gasteiger partial charge in [-0.15, -0.1) is 0 Å². The molecule has 0 aliphatic carbocycles. The van der Waals surface area contributed by atoms with Crippen molar-refractivity contribution in [2.45, 2.75) is 6.17 Å². The molecule has 0 spiro atoms. The number of halogens is 4. The number of alkyl halides is 1. The van der Waals surface area contributed by atoms with Gasteiger partial charge in [0.05, 0.1) is 17.5 Å². The van der Waals surface area contributed by atoms with Crippen LogP contribution in [0.1, 0.15) is 0 Å². The molecule has 1 aliphatic rings. The van der Waals surface area contributed by atoms with Crippen LogP contribution < -0.4 is 15.0 Å². The predicted octanol–water partition coefficient (Wildman–Crippen LogP) is 2.97. The zero-order valence-electron chi connectivity index (χ0n) is 15.8. The van der Waals surface area contributed by atoms with Crippen LogP contribution in [0, 0.1) is 11.6 Å². The Morgan fingerprint density at radius 2 is 1.94 bits per heavy atom. The third kappa shape index (κ3) is 3.82. The molecule has 0 atom stereocenters. The molecule has 8 nitrogen and oxygen atoms in total. The lowest BCUT2D eigenvalue weighted by molar-refractivity contribution is 0.142. The van der Waals surface area contributed by atoms with Gasteiger partial charge >= 0.3 is 10.2 Å². The Labute approximate surface area is 179 Å². The minimum absolute atomic E-state index is 0.0711. The van der Waals surface area contributed by atoms with E-state index in [1.165, 1.54) is 19.4 Å². The highest BCUT2D eigenvalue weighted by molar-refractivity contribution is 7.90. The number of fused-ring (bicyclic) bond motifs is 1. The largest absolute Gasteiger partial charge is 0.450 e. The molecular weight excluding hydrogens is 461 g/mol. The van der Waals surface area contributed by atoms with E-state index < -0.39 is 50.1 Å². The van der Waals surface area contributed by atoms with Crippen LogP contribution in [0.2, 0.25) is 5.02 Å². The summed E-state index contributed by atoms with van der Waals surface area (Å²) in [5.74, 6) is -3.25. The summed E-state index contributed by atoms with van der Waals surface area (Å²) >= 11 is 6.11. The van der Waals surface area contributed by atoms with Crippen molar-refractivity contribution in [3.05, 3.63) is 57.6 Å². The van der Waals surface area contributed by atoms with Crippen LogP contribution in [0.3, 0.4) is 0 Å².